The first-order valence-corrected chi connectivity index (χ1v) is 13.7. The van der Waals surface area contributed by atoms with E-state index in [1.165, 1.54) is 5.56 Å². The molecular weight excluding hydrogens is 550 g/mol. The van der Waals surface area contributed by atoms with Crippen molar-refractivity contribution in [3.05, 3.63) is 106 Å². The quantitative estimate of drug-likeness (QED) is 0.229. The minimum absolute atomic E-state index is 0.232. The molecule has 1 aromatic heterocycles. The number of fused-ring (bicyclic) bond motifs is 1. The number of carbonyl (C=O) groups excluding carboxylic acids is 1. The van der Waals surface area contributed by atoms with Crippen molar-refractivity contribution in [3.8, 4) is 5.75 Å². The molecule has 1 amide bonds. The number of hydrogen-bond donors (Lipinski definition) is 2. The third kappa shape index (κ3) is 5.57. The van der Waals surface area contributed by atoms with Gasteiger partial charge >= 0.3 is 0 Å². The summed E-state index contributed by atoms with van der Waals surface area (Å²) in [4.78, 5) is 18.5. The number of nitrogens with one attached hydrogen (secondary N) is 2. The van der Waals surface area contributed by atoms with Gasteiger partial charge in [-0.15, -0.1) is 5.10 Å². The summed E-state index contributed by atoms with van der Waals surface area (Å²) in [6, 6.07) is 25.1. The summed E-state index contributed by atoms with van der Waals surface area (Å²) in [5, 5.41) is 11.8. The average Bonchev–Trinajstić information content (AvgIpc) is 3.31. The van der Waals surface area contributed by atoms with Gasteiger partial charge in [0.15, 0.2) is 0 Å². The van der Waals surface area contributed by atoms with Crippen LogP contribution in [0.25, 0.3) is 0 Å². The highest BCUT2D eigenvalue weighted by atomic mass is 79.9. The number of thioether (sulfide) groups is 1. The zero-order chi connectivity index (χ0) is 25.8. The second-order valence-electron chi connectivity index (χ2n) is 8.44. The highest BCUT2D eigenvalue weighted by Gasteiger charge is 2.34. The molecule has 37 heavy (non-hydrogen) atoms. The molecule has 0 bridgehead atoms. The Morgan fingerprint density at radius 2 is 1.81 bits per heavy atom. The SMILES string of the molecule is CCOc1ccccc1NC(=O)C1=C(C)Nc2nc(SCc3ccccc3)nn2C1c1ccc(Br)cc1. The van der Waals surface area contributed by atoms with Crippen molar-refractivity contribution < 1.29 is 9.53 Å². The summed E-state index contributed by atoms with van der Waals surface area (Å²) >= 11 is 5.08. The molecule has 2 N–H and O–H groups in total. The van der Waals surface area contributed by atoms with Gasteiger partial charge in [0.2, 0.25) is 11.1 Å². The van der Waals surface area contributed by atoms with Crippen LogP contribution in [0.1, 0.15) is 31.0 Å². The molecule has 0 saturated carbocycles. The molecule has 2 heterocycles. The van der Waals surface area contributed by atoms with Crippen LogP contribution < -0.4 is 15.4 Å². The van der Waals surface area contributed by atoms with Gasteiger partial charge in [-0.05, 0) is 49.2 Å². The Hall–Kier alpha value is -3.56. The number of benzene rings is 3. The monoisotopic (exact) mass is 575 g/mol. The summed E-state index contributed by atoms with van der Waals surface area (Å²) in [6.07, 6.45) is 0. The summed E-state index contributed by atoms with van der Waals surface area (Å²) in [6.45, 7) is 4.31. The van der Waals surface area contributed by atoms with E-state index in [0.29, 0.717) is 34.7 Å². The third-order valence-corrected chi connectivity index (χ3v) is 7.35. The maximum Gasteiger partial charge on any atom is 0.255 e. The number of carbonyl (C=O) groups is 1. The van der Waals surface area contributed by atoms with Crippen molar-refractivity contribution in [2.45, 2.75) is 30.8 Å². The number of anilines is 2. The topological polar surface area (TPSA) is 81.1 Å². The molecule has 0 aliphatic carbocycles. The minimum Gasteiger partial charge on any atom is -0.492 e. The maximum absolute atomic E-state index is 13.8. The highest BCUT2D eigenvalue weighted by Crippen LogP contribution is 2.38. The maximum atomic E-state index is 13.8. The van der Waals surface area contributed by atoms with Gasteiger partial charge in [0, 0.05) is 15.9 Å². The summed E-state index contributed by atoms with van der Waals surface area (Å²) in [7, 11) is 0. The van der Waals surface area contributed by atoms with E-state index >= 15 is 0 Å². The van der Waals surface area contributed by atoms with Crippen molar-refractivity contribution in [3.63, 3.8) is 0 Å². The second kappa shape index (κ2) is 11.2. The van der Waals surface area contributed by atoms with Crippen LogP contribution >= 0.6 is 27.7 Å². The van der Waals surface area contributed by atoms with Crippen LogP contribution in [-0.4, -0.2) is 27.3 Å². The number of rotatable bonds is 8. The van der Waals surface area contributed by atoms with Gasteiger partial charge in [0.1, 0.15) is 11.8 Å². The lowest BCUT2D eigenvalue weighted by molar-refractivity contribution is -0.113. The fourth-order valence-electron chi connectivity index (χ4n) is 4.20. The van der Waals surface area contributed by atoms with E-state index in [9.17, 15) is 4.79 Å². The largest absolute Gasteiger partial charge is 0.492 e. The molecule has 1 unspecified atom stereocenters. The third-order valence-electron chi connectivity index (χ3n) is 5.91. The van der Waals surface area contributed by atoms with Crippen LogP contribution in [-0.2, 0) is 10.5 Å². The van der Waals surface area contributed by atoms with Gasteiger partial charge in [-0.3, -0.25) is 4.79 Å². The number of hydrogen-bond acceptors (Lipinski definition) is 6. The fraction of sp³-hybridized carbons (Fsp3) is 0.179. The zero-order valence-electron chi connectivity index (χ0n) is 20.4. The van der Waals surface area contributed by atoms with Crippen LogP contribution in [0.4, 0.5) is 11.6 Å². The first-order chi connectivity index (χ1) is 18.0. The van der Waals surface area contributed by atoms with Crippen LogP contribution in [0.2, 0.25) is 0 Å². The van der Waals surface area contributed by atoms with E-state index in [-0.39, 0.29) is 5.91 Å². The first kappa shape index (κ1) is 25.1. The molecule has 5 rings (SSSR count). The molecule has 0 spiro atoms. The number of aromatic nitrogens is 3. The van der Waals surface area contributed by atoms with E-state index in [0.717, 1.165) is 21.5 Å². The van der Waals surface area contributed by atoms with E-state index < -0.39 is 6.04 Å². The van der Waals surface area contributed by atoms with Gasteiger partial charge in [-0.1, -0.05) is 82.3 Å². The predicted octanol–water partition coefficient (Wildman–Crippen LogP) is 6.66. The van der Waals surface area contributed by atoms with Crippen LogP contribution in [0.5, 0.6) is 5.75 Å². The van der Waals surface area contributed by atoms with Crippen molar-refractivity contribution in [1.82, 2.24) is 14.8 Å². The van der Waals surface area contributed by atoms with Gasteiger partial charge in [0.25, 0.3) is 5.91 Å². The molecule has 1 aliphatic heterocycles. The van der Waals surface area contributed by atoms with Crippen LogP contribution in [0.15, 0.2) is 99.8 Å². The van der Waals surface area contributed by atoms with Crippen molar-refractivity contribution in [2.24, 2.45) is 0 Å². The Balaban J connectivity index is 1.49. The molecule has 188 valence electrons. The molecule has 1 aliphatic rings. The van der Waals surface area contributed by atoms with Crippen molar-refractivity contribution in [2.75, 3.05) is 17.2 Å². The lowest BCUT2D eigenvalue weighted by atomic mass is 9.95. The Morgan fingerprint density at radius 3 is 2.57 bits per heavy atom. The Bertz CT molecular complexity index is 1440. The number of ether oxygens (including phenoxy) is 1. The molecule has 0 fully saturated rings. The molecule has 0 saturated heterocycles. The lowest BCUT2D eigenvalue weighted by Gasteiger charge is -2.29. The normalized spacial score (nSPS) is 14.6. The van der Waals surface area contributed by atoms with E-state index in [1.807, 2.05) is 80.6 Å². The molecule has 4 aromatic rings. The number of halogens is 1. The molecule has 7 nitrogen and oxygen atoms in total. The second-order valence-corrected chi connectivity index (χ2v) is 10.3. The molecular formula is C28H26BrN5O2S. The first-order valence-electron chi connectivity index (χ1n) is 11.9. The number of para-hydroxylation sites is 2. The van der Waals surface area contributed by atoms with Crippen molar-refractivity contribution in [1.29, 1.82) is 0 Å². The molecule has 9 heteroatoms. The number of nitrogens with zero attached hydrogens (tertiary/aromatic N) is 3. The van der Waals surface area contributed by atoms with Gasteiger partial charge in [0.05, 0.1) is 17.9 Å². The standard InChI is InChI=1S/C28H26BrN5O2S/c1-3-36-23-12-8-7-11-22(23)31-26(35)24-18(2)30-27-32-28(37-17-19-9-5-4-6-10-19)33-34(27)25(24)20-13-15-21(29)16-14-20/h4-16,25H,3,17H2,1-2H3,(H,31,35)(H,30,32,33). The zero-order valence-corrected chi connectivity index (χ0v) is 22.8. The fourth-order valence-corrected chi connectivity index (χ4v) is 5.25. The van der Waals surface area contributed by atoms with Crippen LogP contribution in [0, 0.1) is 0 Å². The summed E-state index contributed by atoms with van der Waals surface area (Å²) in [5.74, 6) is 1.75. The van der Waals surface area contributed by atoms with Gasteiger partial charge in [-0.25, -0.2) is 4.68 Å². The average molecular weight is 577 g/mol. The van der Waals surface area contributed by atoms with Crippen LogP contribution in [0.3, 0.4) is 0 Å². The number of amides is 1. The predicted molar refractivity (Wildman–Crippen MR) is 151 cm³/mol. The Kier molecular flexibility index (Phi) is 7.62. The smallest absolute Gasteiger partial charge is 0.255 e. The van der Waals surface area contributed by atoms with Gasteiger partial charge < -0.3 is 15.4 Å². The van der Waals surface area contributed by atoms with Gasteiger partial charge in [-0.2, -0.15) is 4.98 Å². The molecule has 0 radical (unpaired) electrons. The van der Waals surface area contributed by atoms with E-state index in [1.54, 1.807) is 16.4 Å². The highest BCUT2D eigenvalue weighted by molar-refractivity contribution is 9.10. The van der Waals surface area contributed by atoms with E-state index in [2.05, 4.69) is 38.7 Å². The summed E-state index contributed by atoms with van der Waals surface area (Å²) < 4.78 is 8.48. The van der Waals surface area contributed by atoms with E-state index in [4.69, 9.17) is 14.8 Å². The Morgan fingerprint density at radius 1 is 1.08 bits per heavy atom. The van der Waals surface area contributed by atoms with Crippen molar-refractivity contribution >= 4 is 45.2 Å². The Labute approximate surface area is 228 Å². The molecule has 1 atom stereocenters. The summed E-state index contributed by atoms with van der Waals surface area (Å²) in [5.41, 5.74) is 4.02. The molecule has 3 aromatic carbocycles. The lowest BCUT2D eigenvalue weighted by Crippen LogP contribution is -2.31. The minimum atomic E-state index is -0.456. The number of allylic oxidation sites excluding steroid dienone is 1.